The number of anilines is 1. The monoisotopic (exact) mass is 315 g/mol. The lowest BCUT2D eigenvalue weighted by atomic mass is 9.98. The number of carbonyl (C=O) groups is 1. The lowest BCUT2D eigenvalue weighted by Gasteiger charge is -2.11. The fourth-order valence-electron chi connectivity index (χ4n) is 1.88. The van der Waals surface area contributed by atoms with Crippen LogP contribution in [0.1, 0.15) is 31.2 Å². The number of hydrogen-bond acceptors (Lipinski definition) is 4. The van der Waals surface area contributed by atoms with Gasteiger partial charge in [-0.25, -0.2) is 8.42 Å². The molecule has 2 N–H and O–H groups in total. The Morgan fingerprint density at radius 3 is 2.48 bits per heavy atom. The normalized spacial score (nSPS) is 12.9. The predicted octanol–water partition coefficient (Wildman–Crippen LogP) is 2.04. The highest BCUT2D eigenvalue weighted by Crippen LogP contribution is 2.21. The van der Waals surface area contributed by atoms with E-state index in [1.54, 1.807) is 24.3 Å². The molecule has 1 aromatic carbocycles. The SMILES string of the molecule is COCCCS(=O)(=O)Nc1ccc(C(C)CC(=O)O)cc1. The van der Waals surface area contributed by atoms with E-state index in [1.165, 1.54) is 7.11 Å². The molecule has 6 nitrogen and oxygen atoms in total. The van der Waals surface area contributed by atoms with Gasteiger partial charge in [-0.15, -0.1) is 0 Å². The van der Waals surface area contributed by atoms with Crippen LogP contribution in [0.5, 0.6) is 0 Å². The molecule has 0 saturated heterocycles. The molecule has 0 fully saturated rings. The molecule has 1 atom stereocenters. The van der Waals surface area contributed by atoms with E-state index in [0.29, 0.717) is 18.7 Å². The largest absolute Gasteiger partial charge is 0.481 e. The van der Waals surface area contributed by atoms with Crippen molar-refractivity contribution < 1.29 is 23.1 Å². The molecule has 0 amide bonds. The Morgan fingerprint density at radius 1 is 1.33 bits per heavy atom. The lowest BCUT2D eigenvalue weighted by molar-refractivity contribution is -0.137. The summed E-state index contributed by atoms with van der Waals surface area (Å²) in [5.41, 5.74) is 1.33. The van der Waals surface area contributed by atoms with Gasteiger partial charge in [0.15, 0.2) is 0 Å². The Bertz CT molecular complexity index is 553. The molecule has 0 aromatic heterocycles. The van der Waals surface area contributed by atoms with E-state index in [4.69, 9.17) is 9.84 Å². The number of nitrogens with one attached hydrogen (secondary N) is 1. The third-order valence-electron chi connectivity index (χ3n) is 3.00. The number of benzene rings is 1. The van der Waals surface area contributed by atoms with Crippen molar-refractivity contribution in [1.29, 1.82) is 0 Å². The number of carboxylic acids is 1. The number of sulfonamides is 1. The van der Waals surface area contributed by atoms with E-state index < -0.39 is 16.0 Å². The Balaban J connectivity index is 2.64. The van der Waals surface area contributed by atoms with Gasteiger partial charge in [0, 0.05) is 19.4 Å². The average Bonchev–Trinajstić information content (AvgIpc) is 2.38. The topological polar surface area (TPSA) is 92.7 Å². The van der Waals surface area contributed by atoms with E-state index >= 15 is 0 Å². The summed E-state index contributed by atoms with van der Waals surface area (Å²) in [6.45, 7) is 2.21. The molecule has 1 aromatic rings. The van der Waals surface area contributed by atoms with Crippen molar-refractivity contribution in [2.24, 2.45) is 0 Å². The second-order valence-corrected chi connectivity index (χ2v) is 6.73. The van der Waals surface area contributed by atoms with Crippen LogP contribution in [0.4, 0.5) is 5.69 Å². The molecule has 0 radical (unpaired) electrons. The maximum absolute atomic E-state index is 11.8. The van der Waals surface area contributed by atoms with Crippen molar-refractivity contribution in [1.82, 2.24) is 0 Å². The molecule has 0 heterocycles. The van der Waals surface area contributed by atoms with Crippen LogP contribution < -0.4 is 4.72 Å². The molecule has 21 heavy (non-hydrogen) atoms. The van der Waals surface area contributed by atoms with E-state index in [9.17, 15) is 13.2 Å². The third-order valence-corrected chi connectivity index (χ3v) is 4.37. The summed E-state index contributed by atoms with van der Waals surface area (Å²) in [4.78, 5) is 10.7. The summed E-state index contributed by atoms with van der Waals surface area (Å²) in [5.74, 6) is -0.974. The summed E-state index contributed by atoms with van der Waals surface area (Å²) < 4.78 is 30.9. The van der Waals surface area contributed by atoms with Crippen LogP contribution in [-0.2, 0) is 19.6 Å². The average molecular weight is 315 g/mol. The van der Waals surface area contributed by atoms with E-state index in [0.717, 1.165) is 5.56 Å². The Hall–Kier alpha value is -1.60. The summed E-state index contributed by atoms with van der Waals surface area (Å²) >= 11 is 0. The highest BCUT2D eigenvalue weighted by atomic mass is 32.2. The molecule has 0 bridgehead atoms. The van der Waals surface area contributed by atoms with Gasteiger partial charge in [-0.05, 0) is 30.0 Å². The smallest absolute Gasteiger partial charge is 0.303 e. The summed E-state index contributed by atoms with van der Waals surface area (Å²) in [6, 6.07) is 6.75. The van der Waals surface area contributed by atoms with Crippen molar-refractivity contribution in [2.75, 3.05) is 24.2 Å². The van der Waals surface area contributed by atoms with Gasteiger partial charge in [-0.3, -0.25) is 9.52 Å². The maximum Gasteiger partial charge on any atom is 0.303 e. The molecular weight excluding hydrogens is 294 g/mol. The Morgan fingerprint density at radius 2 is 1.95 bits per heavy atom. The van der Waals surface area contributed by atoms with Crippen LogP contribution in [0.2, 0.25) is 0 Å². The predicted molar refractivity (Wildman–Crippen MR) is 81.0 cm³/mol. The lowest BCUT2D eigenvalue weighted by Crippen LogP contribution is -2.17. The van der Waals surface area contributed by atoms with Gasteiger partial charge in [0.05, 0.1) is 12.2 Å². The number of rotatable bonds is 9. The maximum atomic E-state index is 11.8. The highest BCUT2D eigenvalue weighted by molar-refractivity contribution is 7.92. The van der Waals surface area contributed by atoms with Gasteiger partial charge >= 0.3 is 5.97 Å². The highest BCUT2D eigenvalue weighted by Gasteiger charge is 2.12. The minimum absolute atomic E-state index is 0.00198. The first-order valence-electron chi connectivity index (χ1n) is 6.65. The number of carboxylic acid groups (broad SMARTS) is 1. The van der Waals surface area contributed by atoms with Crippen LogP contribution in [0.3, 0.4) is 0 Å². The molecule has 0 aliphatic rings. The number of hydrogen-bond donors (Lipinski definition) is 2. The van der Waals surface area contributed by atoms with Gasteiger partial charge in [0.2, 0.25) is 10.0 Å². The number of aliphatic carboxylic acids is 1. The molecular formula is C14H21NO5S. The van der Waals surface area contributed by atoms with Gasteiger partial charge in [-0.2, -0.15) is 0 Å². The van der Waals surface area contributed by atoms with Crippen molar-refractivity contribution >= 4 is 21.7 Å². The van der Waals surface area contributed by atoms with Crippen molar-refractivity contribution in [2.45, 2.75) is 25.7 Å². The van der Waals surface area contributed by atoms with Gasteiger partial charge in [0.25, 0.3) is 0 Å². The first-order valence-corrected chi connectivity index (χ1v) is 8.30. The molecule has 0 aliphatic heterocycles. The van der Waals surface area contributed by atoms with Gasteiger partial charge < -0.3 is 9.84 Å². The van der Waals surface area contributed by atoms with Crippen LogP contribution in [0.15, 0.2) is 24.3 Å². The zero-order chi connectivity index (χ0) is 15.9. The second-order valence-electron chi connectivity index (χ2n) is 4.89. The van der Waals surface area contributed by atoms with Gasteiger partial charge in [0.1, 0.15) is 0 Å². The molecule has 1 rings (SSSR count). The van der Waals surface area contributed by atoms with Crippen LogP contribution >= 0.6 is 0 Å². The molecule has 1 unspecified atom stereocenters. The molecule has 7 heteroatoms. The second kappa shape index (κ2) is 7.99. The zero-order valence-electron chi connectivity index (χ0n) is 12.2. The molecule has 0 saturated carbocycles. The Labute approximate surface area is 125 Å². The van der Waals surface area contributed by atoms with Gasteiger partial charge in [-0.1, -0.05) is 19.1 Å². The van der Waals surface area contributed by atoms with Crippen LogP contribution in [0, 0.1) is 0 Å². The minimum atomic E-state index is -3.38. The molecule has 0 aliphatic carbocycles. The summed E-state index contributed by atoms with van der Waals surface area (Å²) in [6.07, 6.45) is 0.474. The first kappa shape index (κ1) is 17.5. The quantitative estimate of drug-likeness (QED) is 0.680. The van der Waals surface area contributed by atoms with E-state index in [2.05, 4.69) is 4.72 Å². The fourth-order valence-corrected chi connectivity index (χ4v) is 2.98. The minimum Gasteiger partial charge on any atom is -0.481 e. The van der Waals surface area contributed by atoms with E-state index in [1.807, 2.05) is 6.92 Å². The van der Waals surface area contributed by atoms with Crippen LogP contribution in [-0.4, -0.2) is 39.0 Å². The van der Waals surface area contributed by atoms with E-state index in [-0.39, 0.29) is 18.1 Å². The third kappa shape index (κ3) is 6.59. The molecule has 0 spiro atoms. The number of methoxy groups -OCH3 is 1. The fraction of sp³-hybridized carbons (Fsp3) is 0.500. The first-order chi connectivity index (χ1) is 9.84. The summed E-state index contributed by atoms with van der Waals surface area (Å²) in [5, 5.41) is 8.75. The van der Waals surface area contributed by atoms with Crippen molar-refractivity contribution in [3.8, 4) is 0 Å². The number of ether oxygens (including phenoxy) is 1. The summed E-state index contributed by atoms with van der Waals surface area (Å²) in [7, 11) is -1.86. The zero-order valence-corrected chi connectivity index (χ0v) is 13.0. The van der Waals surface area contributed by atoms with Crippen molar-refractivity contribution in [3.63, 3.8) is 0 Å². The molecule has 118 valence electrons. The van der Waals surface area contributed by atoms with Crippen molar-refractivity contribution in [3.05, 3.63) is 29.8 Å². The van der Waals surface area contributed by atoms with Crippen LogP contribution in [0.25, 0.3) is 0 Å². The standard InChI is InChI=1S/C14H21NO5S/c1-11(10-14(16)17)12-4-6-13(7-5-12)15-21(18,19)9-3-8-20-2/h4-7,11,15H,3,8-10H2,1-2H3,(H,16,17). The Kier molecular flexibility index (Phi) is 6.64.